The van der Waals surface area contributed by atoms with Gasteiger partial charge in [-0.2, -0.15) is 0 Å². The number of benzene rings is 1. The van der Waals surface area contributed by atoms with Gasteiger partial charge in [-0.05, 0) is 49.3 Å². The van der Waals surface area contributed by atoms with Crippen molar-refractivity contribution in [1.29, 1.82) is 0 Å². The molecule has 0 radical (unpaired) electrons. The fourth-order valence-electron chi connectivity index (χ4n) is 3.86. The molecule has 30 heavy (non-hydrogen) atoms. The lowest BCUT2D eigenvalue weighted by atomic mass is 9.67. The van der Waals surface area contributed by atoms with E-state index in [1.54, 1.807) is 4.90 Å². The van der Waals surface area contributed by atoms with Crippen molar-refractivity contribution in [1.82, 2.24) is 20.9 Å². The molecule has 8 heteroatoms. The first-order valence-corrected chi connectivity index (χ1v) is 10.7. The van der Waals surface area contributed by atoms with Crippen LogP contribution in [0.1, 0.15) is 55.5 Å². The SMILES string of the molecule is CCNC(=NCc1ccc(C(=O)N2CCNC(=O)C2)cc1)NCC1(CC)CCC1.I. The molecule has 1 aliphatic heterocycles. The maximum absolute atomic E-state index is 12.5. The van der Waals surface area contributed by atoms with Gasteiger partial charge in [-0.1, -0.05) is 25.5 Å². The summed E-state index contributed by atoms with van der Waals surface area (Å²) >= 11 is 0. The van der Waals surface area contributed by atoms with E-state index in [1.807, 2.05) is 24.3 Å². The number of nitrogens with one attached hydrogen (secondary N) is 3. The lowest BCUT2D eigenvalue weighted by Crippen LogP contribution is -2.49. The smallest absolute Gasteiger partial charge is 0.254 e. The standard InChI is InChI=1S/C22H33N5O2.HI/c1-3-22(10-5-11-22)16-26-21(23-4-2)25-14-17-6-8-18(9-7-17)20(29)27-13-12-24-19(28)15-27;/h6-9H,3-5,10-16H2,1-2H3,(H,24,28)(H2,23,25,26);1H. The highest BCUT2D eigenvalue weighted by molar-refractivity contribution is 14.0. The third-order valence-electron chi connectivity index (χ3n) is 6.09. The van der Waals surface area contributed by atoms with Gasteiger partial charge in [0.25, 0.3) is 5.91 Å². The monoisotopic (exact) mass is 527 g/mol. The number of piperazine rings is 1. The maximum atomic E-state index is 12.5. The second kappa shape index (κ2) is 11.5. The summed E-state index contributed by atoms with van der Waals surface area (Å²) in [7, 11) is 0. The van der Waals surface area contributed by atoms with E-state index in [1.165, 1.54) is 25.7 Å². The molecule has 1 saturated carbocycles. The van der Waals surface area contributed by atoms with Crippen LogP contribution in [0.15, 0.2) is 29.3 Å². The van der Waals surface area contributed by atoms with Gasteiger partial charge >= 0.3 is 0 Å². The Morgan fingerprint density at radius 3 is 2.50 bits per heavy atom. The van der Waals surface area contributed by atoms with Gasteiger partial charge in [-0.3, -0.25) is 9.59 Å². The molecule has 0 spiro atoms. The minimum atomic E-state index is -0.106. The van der Waals surface area contributed by atoms with Crippen LogP contribution in [0.5, 0.6) is 0 Å². The van der Waals surface area contributed by atoms with E-state index in [9.17, 15) is 9.59 Å². The molecule has 0 bridgehead atoms. The van der Waals surface area contributed by atoms with E-state index in [0.29, 0.717) is 30.6 Å². The number of carbonyl (C=O) groups excluding carboxylic acids is 2. The van der Waals surface area contributed by atoms with Crippen LogP contribution in [0, 0.1) is 5.41 Å². The molecule has 3 rings (SSSR count). The summed E-state index contributed by atoms with van der Waals surface area (Å²) in [5.74, 6) is 0.632. The summed E-state index contributed by atoms with van der Waals surface area (Å²) in [6.45, 7) is 7.86. The molecule has 166 valence electrons. The highest BCUT2D eigenvalue weighted by atomic mass is 127. The molecular weight excluding hydrogens is 493 g/mol. The Bertz CT molecular complexity index is 741. The fourth-order valence-corrected chi connectivity index (χ4v) is 3.86. The molecular formula is C22H34IN5O2. The predicted octanol–water partition coefficient (Wildman–Crippen LogP) is 2.51. The Morgan fingerprint density at radius 1 is 1.20 bits per heavy atom. The van der Waals surface area contributed by atoms with Crippen LogP contribution < -0.4 is 16.0 Å². The quantitative estimate of drug-likeness (QED) is 0.289. The molecule has 1 heterocycles. The van der Waals surface area contributed by atoms with Gasteiger partial charge < -0.3 is 20.9 Å². The van der Waals surface area contributed by atoms with Crippen LogP contribution in [-0.2, 0) is 11.3 Å². The van der Waals surface area contributed by atoms with Crippen LogP contribution in [-0.4, -0.2) is 55.4 Å². The van der Waals surface area contributed by atoms with Crippen molar-refractivity contribution in [2.45, 2.75) is 46.1 Å². The zero-order valence-corrected chi connectivity index (χ0v) is 20.3. The Hall–Kier alpha value is -1.84. The van der Waals surface area contributed by atoms with Crippen LogP contribution in [0.25, 0.3) is 0 Å². The first-order chi connectivity index (χ1) is 14.0. The first-order valence-electron chi connectivity index (χ1n) is 10.7. The predicted molar refractivity (Wildman–Crippen MR) is 130 cm³/mol. The molecule has 0 atom stereocenters. The van der Waals surface area contributed by atoms with Gasteiger partial charge in [0, 0.05) is 31.7 Å². The third-order valence-corrected chi connectivity index (χ3v) is 6.09. The third kappa shape index (κ3) is 6.33. The van der Waals surface area contributed by atoms with Gasteiger partial charge in [0.2, 0.25) is 5.91 Å². The number of halogens is 1. The van der Waals surface area contributed by atoms with Gasteiger partial charge in [0.15, 0.2) is 5.96 Å². The highest BCUT2D eigenvalue weighted by Crippen LogP contribution is 2.42. The molecule has 2 amide bonds. The van der Waals surface area contributed by atoms with Crippen LogP contribution in [0.3, 0.4) is 0 Å². The molecule has 3 N–H and O–H groups in total. The number of guanidine groups is 1. The Labute approximate surface area is 196 Å². The second-order valence-electron chi connectivity index (χ2n) is 8.03. The van der Waals surface area contributed by atoms with Crippen LogP contribution in [0.4, 0.5) is 0 Å². The molecule has 1 saturated heterocycles. The van der Waals surface area contributed by atoms with E-state index in [0.717, 1.165) is 24.6 Å². The zero-order valence-electron chi connectivity index (χ0n) is 18.0. The van der Waals surface area contributed by atoms with Crippen molar-refractivity contribution < 1.29 is 9.59 Å². The van der Waals surface area contributed by atoms with Gasteiger partial charge in [0.1, 0.15) is 0 Å². The minimum Gasteiger partial charge on any atom is -0.357 e. The molecule has 2 fully saturated rings. The Kier molecular flexibility index (Phi) is 9.38. The number of hydrogen-bond donors (Lipinski definition) is 3. The van der Waals surface area contributed by atoms with Crippen LogP contribution >= 0.6 is 24.0 Å². The second-order valence-corrected chi connectivity index (χ2v) is 8.03. The summed E-state index contributed by atoms with van der Waals surface area (Å²) in [5.41, 5.74) is 2.08. The summed E-state index contributed by atoms with van der Waals surface area (Å²) in [6, 6.07) is 7.51. The van der Waals surface area contributed by atoms with Crippen molar-refractivity contribution in [3.63, 3.8) is 0 Å². The minimum absolute atomic E-state index is 0. The zero-order chi connectivity index (χ0) is 20.7. The molecule has 0 aromatic heterocycles. The fraction of sp³-hybridized carbons (Fsp3) is 0.591. The average molecular weight is 527 g/mol. The molecule has 7 nitrogen and oxygen atoms in total. The van der Waals surface area contributed by atoms with E-state index >= 15 is 0 Å². The summed E-state index contributed by atoms with van der Waals surface area (Å²) in [4.78, 5) is 30.3. The van der Waals surface area contributed by atoms with Crippen molar-refractivity contribution in [3.8, 4) is 0 Å². The van der Waals surface area contributed by atoms with Crippen LogP contribution in [0.2, 0.25) is 0 Å². The number of hydrogen-bond acceptors (Lipinski definition) is 3. The summed E-state index contributed by atoms with van der Waals surface area (Å²) in [6.07, 6.45) is 5.12. The number of aliphatic imine (C=N–C) groups is 1. The van der Waals surface area contributed by atoms with E-state index in [2.05, 4.69) is 29.8 Å². The molecule has 1 aliphatic carbocycles. The first kappa shape index (κ1) is 24.4. The van der Waals surface area contributed by atoms with E-state index < -0.39 is 0 Å². The average Bonchev–Trinajstić information content (AvgIpc) is 2.71. The number of nitrogens with zero attached hydrogens (tertiary/aromatic N) is 2. The van der Waals surface area contributed by atoms with E-state index in [4.69, 9.17) is 4.99 Å². The van der Waals surface area contributed by atoms with Gasteiger partial charge in [-0.15, -0.1) is 24.0 Å². The van der Waals surface area contributed by atoms with Crippen molar-refractivity contribution >= 4 is 41.8 Å². The normalized spacial score (nSPS) is 18.0. The number of rotatable bonds is 7. The van der Waals surface area contributed by atoms with Crippen molar-refractivity contribution in [2.24, 2.45) is 10.4 Å². The number of amides is 2. The molecule has 1 aromatic carbocycles. The maximum Gasteiger partial charge on any atom is 0.254 e. The van der Waals surface area contributed by atoms with Crippen molar-refractivity contribution in [3.05, 3.63) is 35.4 Å². The molecule has 2 aliphatic rings. The van der Waals surface area contributed by atoms with Crippen molar-refractivity contribution in [2.75, 3.05) is 32.7 Å². The van der Waals surface area contributed by atoms with Gasteiger partial charge in [0.05, 0.1) is 13.1 Å². The Morgan fingerprint density at radius 2 is 1.93 bits per heavy atom. The lowest BCUT2D eigenvalue weighted by molar-refractivity contribution is -0.123. The Balaban J connectivity index is 0.00000320. The topological polar surface area (TPSA) is 85.8 Å². The van der Waals surface area contributed by atoms with E-state index in [-0.39, 0.29) is 42.3 Å². The summed E-state index contributed by atoms with van der Waals surface area (Å²) < 4.78 is 0. The summed E-state index contributed by atoms with van der Waals surface area (Å²) in [5, 5.41) is 9.55. The number of carbonyl (C=O) groups is 2. The van der Waals surface area contributed by atoms with Gasteiger partial charge in [-0.25, -0.2) is 4.99 Å². The molecule has 0 unspecified atom stereocenters. The lowest BCUT2D eigenvalue weighted by Gasteiger charge is -2.41. The largest absolute Gasteiger partial charge is 0.357 e. The molecule has 1 aromatic rings. The highest BCUT2D eigenvalue weighted by Gasteiger charge is 2.34.